The largest absolute Gasteiger partial charge is 0.497 e. The smallest absolute Gasteiger partial charge is 0.254 e. The monoisotopic (exact) mass is 428 g/mol. The van der Waals surface area contributed by atoms with E-state index in [-0.39, 0.29) is 5.91 Å². The highest BCUT2D eigenvalue weighted by Gasteiger charge is 2.16. The summed E-state index contributed by atoms with van der Waals surface area (Å²) in [5.41, 5.74) is 1.39. The fourth-order valence-corrected chi connectivity index (χ4v) is 3.47. The number of methoxy groups -OCH3 is 1. The Labute approximate surface area is 179 Å². The number of rotatable bonds is 9. The Morgan fingerprint density at radius 1 is 1.17 bits per heavy atom. The molecule has 1 aromatic heterocycles. The average molecular weight is 429 g/mol. The molecule has 7 heteroatoms. The van der Waals surface area contributed by atoms with Gasteiger partial charge in [0.2, 0.25) is 0 Å². The van der Waals surface area contributed by atoms with Gasteiger partial charge in [-0.05, 0) is 48.5 Å². The Balaban J connectivity index is 1.62. The molecule has 1 heterocycles. The molecular formula is C22H21ClN2O3S. The molecule has 29 heavy (non-hydrogen) atoms. The van der Waals surface area contributed by atoms with Gasteiger partial charge in [-0.2, -0.15) is 0 Å². The number of hydrogen-bond donors (Lipinski definition) is 0. The minimum absolute atomic E-state index is 0.0920. The lowest BCUT2D eigenvalue weighted by molar-refractivity contribution is 0.0761. The van der Waals surface area contributed by atoms with Crippen LogP contribution in [0.4, 0.5) is 0 Å². The number of nitrogens with zero attached hydrogens (tertiary/aromatic N) is 2. The first-order valence-electron chi connectivity index (χ1n) is 8.95. The van der Waals surface area contributed by atoms with Crippen LogP contribution in [-0.4, -0.2) is 29.4 Å². The minimum atomic E-state index is -0.0920. The van der Waals surface area contributed by atoms with Crippen molar-refractivity contribution >= 4 is 28.8 Å². The van der Waals surface area contributed by atoms with Gasteiger partial charge in [-0.25, -0.2) is 4.98 Å². The Morgan fingerprint density at radius 3 is 2.52 bits per heavy atom. The van der Waals surface area contributed by atoms with Crippen molar-refractivity contribution in [3.05, 3.63) is 87.9 Å². The van der Waals surface area contributed by atoms with Gasteiger partial charge >= 0.3 is 0 Å². The van der Waals surface area contributed by atoms with Crippen molar-refractivity contribution in [2.45, 2.75) is 13.2 Å². The van der Waals surface area contributed by atoms with Crippen molar-refractivity contribution in [3.8, 4) is 11.5 Å². The Hall–Kier alpha value is -2.83. The summed E-state index contributed by atoms with van der Waals surface area (Å²) in [5, 5.41) is 3.38. The van der Waals surface area contributed by atoms with E-state index >= 15 is 0 Å². The fraction of sp³-hybridized carbons (Fsp3) is 0.182. The first-order chi connectivity index (χ1) is 14.1. The number of thiazole rings is 1. The van der Waals surface area contributed by atoms with Gasteiger partial charge in [0.15, 0.2) is 0 Å². The van der Waals surface area contributed by atoms with Gasteiger partial charge in [0, 0.05) is 22.5 Å². The van der Waals surface area contributed by atoms with E-state index in [9.17, 15) is 4.79 Å². The highest BCUT2D eigenvalue weighted by molar-refractivity contribution is 7.09. The molecule has 0 unspecified atom stereocenters. The van der Waals surface area contributed by atoms with Crippen LogP contribution < -0.4 is 9.47 Å². The second-order valence-electron chi connectivity index (χ2n) is 6.18. The summed E-state index contributed by atoms with van der Waals surface area (Å²) in [7, 11) is 1.63. The summed E-state index contributed by atoms with van der Waals surface area (Å²) in [6.07, 6.45) is 1.70. The molecule has 3 aromatic rings. The van der Waals surface area contributed by atoms with Crippen molar-refractivity contribution in [2.24, 2.45) is 0 Å². The molecule has 0 saturated carbocycles. The van der Waals surface area contributed by atoms with E-state index in [0.29, 0.717) is 30.3 Å². The third-order valence-electron chi connectivity index (χ3n) is 4.10. The van der Waals surface area contributed by atoms with Crippen LogP contribution in [0, 0.1) is 0 Å². The molecular weight excluding hydrogens is 408 g/mol. The number of ether oxygens (including phenoxy) is 2. The topological polar surface area (TPSA) is 51.7 Å². The molecule has 2 aromatic carbocycles. The molecule has 0 spiro atoms. The fourth-order valence-electron chi connectivity index (χ4n) is 2.65. The normalized spacial score (nSPS) is 10.4. The Kier molecular flexibility index (Phi) is 7.27. The van der Waals surface area contributed by atoms with Gasteiger partial charge in [0.05, 0.1) is 19.3 Å². The van der Waals surface area contributed by atoms with E-state index in [1.54, 1.807) is 42.4 Å². The molecule has 1 amide bonds. The van der Waals surface area contributed by atoms with Crippen molar-refractivity contribution in [1.29, 1.82) is 0 Å². The molecule has 0 bridgehead atoms. The summed E-state index contributed by atoms with van der Waals surface area (Å²) < 4.78 is 10.9. The standard InChI is InChI=1S/C22H21ClN2O3S/c1-3-12-25(22(26)16-4-6-17(23)7-5-16)13-18-15-29-21(24-18)14-28-20-10-8-19(27-2)9-11-20/h3-11,15H,1,12-14H2,2H3. The molecule has 5 nitrogen and oxygen atoms in total. The van der Waals surface area contributed by atoms with Crippen LogP contribution in [0.25, 0.3) is 0 Å². The van der Waals surface area contributed by atoms with Gasteiger partial charge in [0.1, 0.15) is 23.1 Å². The molecule has 0 N–H and O–H groups in total. The third kappa shape index (κ3) is 5.82. The number of hydrogen-bond acceptors (Lipinski definition) is 5. The maximum atomic E-state index is 12.8. The number of aromatic nitrogens is 1. The molecule has 0 atom stereocenters. The van der Waals surface area contributed by atoms with Crippen molar-refractivity contribution < 1.29 is 14.3 Å². The molecule has 0 aliphatic rings. The maximum Gasteiger partial charge on any atom is 0.254 e. The second-order valence-corrected chi connectivity index (χ2v) is 7.56. The van der Waals surface area contributed by atoms with Crippen LogP contribution in [0.2, 0.25) is 5.02 Å². The first-order valence-corrected chi connectivity index (χ1v) is 10.2. The van der Waals surface area contributed by atoms with Crippen LogP contribution in [0.3, 0.4) is 0 Å². The van der Waals surface area contributed by atoms with E-state index in [0.717, 1.165) is 22.2 Å². The predicted octanol–water partition coefficient (Wildman–Crippen LogP) is 5.21. The Bertz CT molecular complexity index is 955. The highest BCUT2D eigenvalue weighted by Crippen LogP contribution is 2.20. The summed E-state index contributed by atoms with van der Waals surface area (Å²) in [6, 6.07) is 14.2. The maximum absolute atomic E-state index is 12.8. The molecule has 0 aliphatic carbocycles. The number of benzene rings is 2. The quantitative estimate of drug-likeness (QED) is 0.439. The zero-order valence-corrected chi connectivity index (χ0v) is 17.6. The lowest BCUT2D eigenvalue weighted by Gasteiger charge is -2.20. The molecule has 0 fully saturated rings. The SMILES string of the molecule is C=CCN(Cc1csc(COc2ccc(OC)cc2)n1)C(=O)c1ccc(Cl)cc1. The first kappa shape index (κ1) is 20.9. The van der Waals surface area contributed by atoms with Gasteiger partial charge in [0.25, 0.3) is 5.91 Å². The third-order valence-corrected chi connectivity index (χ3v) is 5.22. The molecule has 150 valence electrons. The van der Waals surface area contributed by atoms with Crippen molar-refractivity contribution in [2.75, 3.05) is 13.7 Å². The van der Waals surface area contributed by atoms with Gasteiger partial charge in [-0.15, -0.1) is 17.9 Å². The van der Waals surface area contributed by atoms with Crippen LogP contribution in [0.5, 0.6) is 11.5 Å². The summed E-state index contributed by atoms with van der Waals surface area (Å²) in [6.45, 7) is 4.94. The summed E-state index contributed by atoms with van der Waals surface area (Å²) in [5.74, 6) is 1.43. The van der Waals surface area contributed by atoms with E-state index in [2.05, 4.69) is 11.6 Å². The number of carbonyl (C=O) groups excluding carboxylic acids is 1. The van der Waals surface area contributed by atoms with Crippen molar-refractivity contribution in [1.82, 2.24) is 9.88 Å². The van der Waals surface area contributed by atoms with Crippen LogP contribution in [-0.2, 0) is 13.2 Å². The molecule has 0 radical (unpaired) electrons. The van der Waals surface area contributed by atoms with E-state index in [1.165, 1.54) is 11.3 Å². The van der Waals surface area contributed by atoms with Crippen molar-refractivity contribution in [3.63, 3.8) is 0 Å². The van der Waals surface area contributed by atoms with E-state index < -0.39 is 0 Å². The lowest BCUT2D eigenvalue weighted by atomic mass is 10.2. The van der Waals surface area contributed by atoms with E-state index in [1.807, 2.05) is 29.6 Å². The average Bonchev–Trinajstić information content (AvgIpc) is 3.20. The van der Waals surface area contributed by atoms with Crippen LogP contribution in [0.15, 0.2) is 66.6 Å². The predicted molar refractivity (Wildman–Crippen MR) is 116 cm³/mol. The number of halogens is 1. The summed E-state index contributed by atoms with van der Waals surface area (Å²) >= 11 is 7.41. The van der Waals surface area contributed by atoms with Gasteiger partial charge in [-0.1, -0.05) is 17.7 Å². The molecule has 3 rings (SSSR count). The Morgan fingerprint density at radius 2 is 1.86 bits per heavy atom. The zero-order valence-electron chi connectivity index (χ0n) is 16.0. The van der Waals surface area contributed by atoms with Gasteiger partial charge in [-0.3, -0.25) is 4.79 Å². The van der Waals surface area contributed by atoms with Gasteiger partial charge < -0.3 is 14.4 Å². The van der Waals surface area contributed by atoms with Crippen LogP contribution >= 0.6 is 22.9 Å². The highest BCUT2D eigenvalue weighted by atomic mass is 35.5. The molecule has 0 saturated heterocycles. The zero-order chi connectivity index (χ0) is 20.6. The van der Waals surface area contributed by atoms with E-state index in [4.69, 9.17) is 21.1 Å². The number of amides is 1. The second kappa shape index (κ2) is 10.1. The lowest BCUT2D eigenvalue weighted by Crippen LogP contribution is -2.30. The minimum Gasteiger partial charge on any atom is -0.497 e. The number of carbonyl (C=O) groups is 1. The molecule has 0 aliphatic heterocycles. The summed E-state index contributed by atoms with van der Waals surface area (Å²) in [4.78, 5) is 19.1. The van der Waals surface area contributed by atoms with Crippen LogP contribution in [0.1, 0.15) is 21.1 Å².